The molecule has 3 rings (SSSR count). The summed E-state index contributed by atoms with van der Waals surface area (Å²) in [5.41, 5.74) is 3.25. The van der Waals surface area contributed by atoms with Gasteiger partial charge in [0.1, 0.15) is 5.75 Å². The van der Waals surface area contributed by atoms with Crippen LogP contribution in [0.5, 0.6) is 5.75 Å². The Labute approximate surface area is 178 Å². The van der Waals surface area contributed by atoms with E-state index in [4.69, 9.17) is 4.74 Å². The summed E-state index contributed by atoms with van der Waals surface area (Å²) in [7, 11) is 0. The van der Waals surface area contributed by atoms with Crippen molar-refractivity contribution in [3.8, 4) is 5.75 Å². The Kier molecular flexibility index (Phi) is 7.71. The van der Waals surface area contributed by atoms with E-state index in [-0.39, 0.29) is 11.9 Å². The van der Waals surface area contributed by atoms with Crippen LogP contribution in [0, 0.1) is 0 Å². The fourth-order valence-electron chi connectivity index (χ4n) is 3.69. The molecule has 2 aromatic rings. The lowest BCUT2D eigenvalue weighted by atomic mass is 10.00. The molecule has 0 radical (unpaired) electrons. The average Bonchev–Trinajstić information content (AvgIpc) is 2.77. The first kappa shape index (κ1) is 21.7. The summed E-state index contributed by atoms with van der Waals surface area (Å²) in [6.45, 7) is 6.98. The number of amides is 3. The third kappa shape index (κ3) is 5.75. The highest BCUT2D eigenvalue weighted by molar-refractivity contribution is 5.89. The SMILES string of the molecule is CCCN(CCC(=O)N1CCc2ccccc2C1)C(=O)Nc1ccc(OCC)cc1. The normalized spacial score (nSPS) is 12.8. The van der Waals surface area contributed by atoms with Gasteiger partial charge in [0.15, 0.2) is 0 Å². The van der Waals surface area contributed by atoms with E-state index in [2.05, 4.69) is 17.4 Å². The van der Waals surface area contributed by atoms with Gasteiger partial charge in [0, 0.05) is 38.3 Å². The van der Waals surface area contributed by atoms with Crippen molar-refractivity contribution in [2.75, 3.05) is 31.6 Å². The predicted molar refractivity (Wildman–Crippen MR) is 119 cm³/mol. The van der Waals surface area contributed by atoms with E-state index in [1.165, 1.54) is 11.1 Å². The maximum absolute atomic E-state index is 12.8. The van der Waals surface area contributed by atoms with Gasteiger partial charge < -0.3 is 19.9 Å². The zero-order chi connectivity index (χ0) is 21.3. The molecule has 0 spiro atoms. The average molecular weight is 410 g/mol. The highest BCUT2D eigenvalue weighted by atomic mass is 16.5. The zero-order valence-electron chi connectivity index (χ0n) is 17.9. The first-order chi connectivity index (χ1) is 14.6. The third-order valence-electron chi connectivity index (χ3n) is 5.28. The fourth-order valence-corrected chi connectivity index (χ4v) is 3.69. The molecule has 6 heteroatoms. The molecule has 0 bridgehead atoms. The molecule has 1 aliphatic heterocycles. The Morgan fingerprint density at radius 2 is 1.77 bits per heavy atom. The molecule has 2 aromatic carbocycles. The topological polar surface area (TPSA) is 61.9 Å². The van der Waals surface area contributed by atoms with Crippen molar-refractivity contribution in [1.82, 2.24) is 9.80 Å². The van der Waals surface area contributed by atoms with E-state index in [9.17, 15) is 9.59 Å². The van der Waals surface area contributed by atoms with E-state index in [0.717, 1.165) is 25.1 Å². The standard InChI is InChI=1S/C24H31N3O3/c1-3-15-26(24(29)25-21-9-11-22(12-10-21)30-4-2)17-14-23(28)27-16-13-19-7-5-6-8-20(19)18-27/h5-12H,3-4,13-18H2,1-2H3,(H,25,29). The molecule has 6 nitrogen and oxygen atoms in total. The lowest BCUT2D eigenvalue weighted by Crippen LogP contribution is -2.41. The zero-order valence-corrected chi connectivity index (χ0v) is 17.9. The van der Waals surface area contributed by atoms with Crippen LogP contribution in [0.2, 0.25) is 0 Å². The second-order valence-electron chi connectivity index (χ2n) is 7.46. The summed E-state index contributed by atoms with van der Waals surface area (Å²) in [5, 5.41) is 2.92. The molecular weight excluding hydrogens is 378 g/mol. The van der Waals surface area contributed by atoms with E-state index in [1.54, 1.807) is 4.90 Å². The first-order valence-corrected chi connectivity index (χ1v) is 10.7. The van der Waals surface area contributed by atoms with Crippen LogP contribution in [-0.4, -0.2) is 48.0 Å². The number of hydrogen-bond acceptors (Lipinski definition) is 3. The molecule has 0 aromatic heterocycles. The number of nitrogens with zero attached hydrogens (tertiary/aromatic N) is 2. The molecule has 0 atom stereocenters. The lowest BCUT2D eigenvalue weighted by Gasteiger charge is -2.30. The summed E-state index contributed by atoms with van der Waals surface area (Å²) in [5.74, 6) is 0.870. The Morgan fingerprint density at radius 1 is 1.03 bits per heavy atom. The minimum absolute atomic E-state index is 0.0967. The van der Waals surface area contributed by atoms with Crippen molar-refractivity contribution in [2.45, 2.75) is 39.7 Å². The number of carbonyl (C=O) groups excluding carboxylic acids is 2. The van der Waals surface area contributed by atoms with Crippen molar-refractivity contribution < 1.29 is 14.3 Å². The number of ether oxygens (including phenoxy) is 1. The smallest absolute Gasteiger partial charge is 0.321 e. The molecule has 0 fully saturated rings. The molecule has 0 unspecified atom stereocenters. The van der Waals surface area contributed by atoms with Crippen LogP contribution in [0.1, 0.15) is 37.8 Å². The molecule has 160 valence electrons. The van der Waals surface area contributed by atoms with Crippen molar-refractivity contribution in [3.05, 3.63) is 59.7 Å². The highest BCUT2D eigenvalue weighted by Crippen LogP contribution is 2.19. The van der Waals surface area contributed by atoms with Crippen LogP contribution in [0.25, 0.3) is 0 Å². The molecule has 1 heterocycles. The number of urea groups is 1. The lowest BCUT2D eigenvalue weighted by molar-refractivity contribution is -0.132. The largest absolute Gasteiger partial charge is 0.494 e. The quantitative estimate of drug-likeness (QED) is 0.707. The van der Waals surface area contributed by atoms with E-state index in [0.29, 0.717) is 38.3 Å². The minimum atomic E-state index is -0.183. The van der Waals surface area contributed by atoms with Gasteiger partial charge in [-0.25, -0.2) is 4.79 Å². The van der Waals surface area contributed by atoms with Gasteiger partial charge >= 0.3 is 6.03 Å². The molecule has 0 aliphatic carbocycles. The number of carbonyl (C=O) groups is 2. The molecule has 1 N–H and O–H groups in total. The van der Waals surface area contributed by atoms with E-state index in [1.807, 2.05) is 55.1 Å². The number of nitrogens with one attached hydrogen (secondary N) is 1. The third-order valence-corrected chi connectivity index (χ3v) is 5.28. The maximum atomic E-state index is 12.8. The van der Waals surface area contributed by atoms with Crippen LogP contribution in [0.3, 0.4) is 0 Å². The van der Waals surface area contributed by atoms with Gasteiger partial charge in [0.2, 0.25) is 5.91 Å². The second kappa shape index (κ2) is 10.7. The number of benzene rings is 2. The van der Waals surface area contributed by atoms with E-state index >= 15 is 0 Å². The van der Waals surface area contributed by atoms with Crippen molar-refractivity contribution in [3.63, 3.8) is 0 Å². The fraction of sp³-hybridized carbons (Fsp3) is 0.417. The van der Waals surface area contributed by atoms with Gasteiger partial charge in [-0.2, -0.15) is 0 Å². The summed E-state index contributed by atoms with van der Waals surface area (Å²) < 4.78 is 5.43. The predicted octanol–water partition coefficient (Wildman–Crippen LogP) is 4.30. The van der Waals surface area contributed by atoms with Crippen LogP contribution in [0.15, 0.2) is 48.5 Å². The second-order valence-corrected chi connectivity index (χ2v) is 7.46. The number of rotatable bonds is 8. The molecule has 0 saturated heterocycles. The van der Waals surface area contributed by atoms with Gasteiger partial charge in [-0.05, 0) is 55.2 Å². The molecular formula is C24H31N3O3. The van der Waals surface area contributed by atoms with E-state index < -0.39 is 0 Å². The monoisotopic (exact) mass is 409 g/mol. The van der Waals surface area contributed by atoms with Crippen LogP contribution in [-0.2, 0) is 17.8 Å². The Hall–Kier alpha value is -3.02. The van der Waals surface area contributed by atoms with Crippen molar-refractivity contribution >= 4 is 17.6 Å². The summed E-state index contributed by atoms with van der Waals surface area (Å²) in [4.78, 5) is 29.1. The van der Waals surface area contributed by atoms with Crippen molar-refractivity contribution in [2.24, 2.45) is 0 Å². The highest BCUT2D eigenvalue weighted by Gasteiger charge is 2.22. The minimum Gasteiger partial charge on any atom is -0.494 e. The molecule has 3 amide bonds. The van der Waals surface area contributed by atoms with Crippen molar-refractivity contribution in [1.29, 1.82) is 0 Å². The van der Waals surface area contributed by atoms with Gasteiger partial charge in [0.05, 0.1) is 6.61 Å². The van der Waals surface area contributed by atoms with Crippen LogP contribution in [0.4, 0.5) is 10.5 Å². The maximum Gasteiger partial charge on any atom is 0.321 e. The Bertz CT molecular complexity index is 851. The van der Waals surface area contributed by atoms with Crippen LogP contribution >= 0.6 is 0 Å². The molecule has 30 heavy (non-hydrogen) atoms. The summed E-state index contributed by atoms with van der Waals surface area (Å²) in [6, 6.07) is 15.4. The molecule has 0 saturated carbocycles. The Balaban J connectivity index is 1.53. The van der Waals surface area contributed by atoms with Gasteiger partial charge in [0.25, 0.3) is 0 Å². The summed E-state index contributed by atoms with van der Waals surface area (Å²) >= 11 is 0. The summed E-state index contributed by atoms with van der Waals surface area (Å²) in [6.07, 6.45) is 2.06. The van der Waals surface area contributed by atoms with Gasteiger partial charge in [-0.15, -0.1) is 0 Å². The van der Waals surface area contributed by atoms with Crippen LogP contribution < -0.4 is 10.1 Å². The Morgan fingerprint density at radius 3 is 2.47 bits per heavy atom. The molecule has 1 aliphatic rings. The number of anilines is 1. The number of hydrogen-bond donors (Lipinski definition) is 1. The van der Waals surface area contributed by atoms with Gasteiger partial charge in [-0.3, -0.25) is 4.79 Å². The number of fused-ring (bicyclic) bond motifs is 1. The first-order valence-electron chi connectivity index (χ1n) is 10.7. The van der Waals surface area contributed by atoms with Gasteiger partial charge in [-0.1, -0.05) is 31.2 Å².